The normalized spacial score (nSPS) is 27.0. The second kappa shape index (κ2) is 5.26. The van der Waals surface area contributed by atoms with Crippen molar-refractivity contribution in [3.63, 3.8) is 0 Å². The van der Waals surface area contributed by atoms with Crippen LogP contribution in [0.5, 0.6) is 0 Å². The van der Waals surface area contributed by atoms with E-state index in [0.29, 0.717) is 23.7 Å². The Kier molecular flexibility index (Phi) is 2.94. The van der Waals surface area contributed by atoms with E-state index in [1.54, 1.807) is 6.20 Å². The Hall–Kier alpha value is -3.00. The van der Waals surface area contributed by atoms with Gasteiger partial charge in [-0.25, -0.2) is 15.0 Å². The van der Waals surface area contributed by atoms with Crippen LogP contribution < -0.4 is 5.32 Å². The van der Waals surface area contributed by atoms with Crippen LogP contribution in [0, 0.1) is 5.92 Å². The maximum Gasteiger partial charge on any atom is 0.233 e. The summed E-state index contributed by atoms with van der Waals surface area (Å²) in [7, 11) is 0. The van der Waals surface area contributed by atoms with Crippen molar-refractivity contribution in [3.05, 3.63) is 37.2 Å². The van der Waals surface area contributed by atoms with Gasteiger partial charge in [0.25, 0.3) is 0 Å². The maximum atomic E-state index is 10.2. The molecule has 8 heteroatoms. The number of hydrogen-bond donors (Lipinski definition) is 3. The largest absolute Gasteiger partial charge is 0.390 e. The van der Waals surface area contributed by atoms with Gasteiger partial charge in [-0.1, -0.05) is 0 Å². The number of H-pyrrole nitrogens is 1. The molecule has 2 saturated carbocycles. The third-order valence-corrected chi connectivity index (χ3v) is 6.02. The number of anilines is 1. The van der Waals surface area contributed by atoms with Crippen LogP contribution in [0.1, 0.15) is 25.7 Å². The summed E-state index contributed by atoms with van der Waals surface area (Å²) in [6.07, 6.45) is 15.0. The fourth-order valence-corrected chi connectivity index (χ4v) is 4.35. The molecule has 2 fully saturated rings. The molecule has 2 aliphatic carbocycles. The molecule has 27 heavy (non-hydrogen) atoms. The number of hydrogen-bond acceptors (Lipinski definition) is 6. The number of imidazole rings is 1. The third kappa shape index (κ3) is 2.40. The molecule has 0 aromatic carbocycles. The minimum atomic E-state index is -0.373. The standard InChI is InChI=1S/C19H19N7O/c27-19-2-1-13(5-12(19)6-19)24-17-22-9-15-14(8-21-16(15)25-17)11-7-23-18-20-3-4-26(18)10-11/h3-4,7-10,12-13,27H,1-2,5-6H2,(H2,21,22,24,25)/t12?,13-,19-/m0/s1. The minimum Gasteiger partial charge on any atom is -0.390 e. The van der Waals surface area contributed by atoms with Crippen molar-refractivity contribution in [2.75, 3.05) is 5.32 Å². The summed E-state index contributed by atoms with van der Waals surface area (Å²) >= 11 is 0. The molecular formula is C19H19N7O. The Morgan fingerprint density at radius 3 is 3.15 bits per heavy atom. The predicted molar refractivity (Wildman–Crippen MR) is 100 cm³/mol. The molecule has 4 aromatic rings. The van der Waals surface area contributed by atoms with Crippen LogP contribution in [0.2, 0.25) is 0 Å². The van der Waals surface area contributed by atoms with Crippen LogP contribution in [0.25, 0.3) is 27.9 Å². The lowest BCUT2D eigenvalue weighted by Crippen LogP contribution is -2.30. The molecule has 0 amide bonds. The molecule has 0 spiro atoms. The second-order valence-corrected chi connectivity index (χ2v) is 7.76. The van der Waals surface area contributed by atoms with Crippen molar-refractivity contribution in [3.8, 4) is 11.1 Å². The van der Waals surface area contributed by atoms with E-state index >= 15 is 0 Å². The minimum absolute atomic E-state index is 0.331. The monoisotopic (exact) mass is 361 g/mol. The van der Waals surface area contributed by atoms with Gasteiger partial charge in [-0.3, -0.25) is 4.40 Å². The maximum absolute atomic E-state index is 10.2. The van der Waals surface area contributed by atoms with Gasteiger partial charge in [0.05, 0.1) is 5.60 Å². The molecular weight excluding hydrogens is 342 g/mol. The van der Waals surface area contributed by atoms with Crippen molar-refractivity contribution in [2.45, 2.75) is 37.3 Å². The Labute approximate surface area is 154 Å². The molecule has 0 saturated heterocycles. The molecule has 4 aromatic heterocycles. The molecule has 3 N–H and O–H groups in total. The van der Waals surface area contributed by atoms with Gasteiger partial charge >= 0.3 is 0 Å². The molecule has 0 radical (unpaired) electrons. The Morgan fingerprint density at radius 1 is 1.26 bits per heavy atom. The van der Waals surface area contributed by atoms with E-state index in [1.165, 1.54) is 0 Å². The van der Waals surface area contributed by atoms with Crippen molar-refractivity contribution in [2.24, 2.45) is 5.92 Å². The average molecular weight is 361 g/mol. The summed E-state index contributed by atoms with van der Waals surface area (Å²) in [6, 6.07) is 0.331. The average Bonchev–Trinajstić information content (AvgIpc) is 3.01. The van der Waals surface area contributed by atoms with Crippen LogP contribution in [0.4, 0.5) is 5.95 Å². The zero-order valence-electron chi connectivity index (χ0n) is 14.6. The number of aromatic amines is 1. The number of nitrogens with one attached hydrogen (secondary N) is 2. The van der Waals surface area contributed by atoms with Crippen LogP contribution in [0.15, 0.2) is 37.2 Å². The third-order valence-electron chi connectivity index (χ3n) is 6.02. The molecule has 3 atom stereocenters. The quantitative estimate of drug-likeness (QED) is 0.518. The number of rotatable bonds is 3. The molecule has 1 unspecified atom stereocenters. The molecule has 4 heterocycles. The highest BCUT2D eigenvalue weighted by molar-refractivity contribution is 5.93. The van der Waals surface area contributed by atoms with E-state index in [1.807, 2.05) is 35.4 Å². The van der Waals surface area contributed by atoms with Crippen molar-refractivity contribution < 1.29 is 5.11 Å². The van der Waals surface area contributed by atoms with Gasteiger partial charge < -0.3 is 15.4 Å². The Bertz CT molecular complexity index is 1170. The summed E-state index contributed by atoms with van der Waals surface area (Å²) in [6.45, 7) is 0. The Balaban J connectivity index is 1.29. The molecule has 136 valence electrons. The molecule has 2 aliphatic rings. The number of aromatic nitrogens is 6. The van der Waals surface area contributed by atoms with E-state index in [4.69, 9.17) is 0 Å². The SMILES string of the molecule is O[C@]12CC[C@H](Nc3ncc4c(-c5cnc6nccn6c5)c[nH]c4n3)CC1C2. The lowest BCUT2D eigenvalue weighted by Gasteiger charge is -2.25. The number of aliphatic hydroxyl groups is 1. The lowest BCUT2D eigenvalue weighted by molar-refractivity contribution is 0.0981. The fraction of sp³-hybridized carbons (Fsp3) is 0.368. The number of fused-ring (bicyclic) bond motifs is 3. The van der Waals surface area contributed by atoms with E-state index in [9.17, 15) is 5.11 Å². The van der Waals surface area contributed by atoms with E-state index in [2.05, 4.69) is 30.2 Å². The Morgan fingerprint density at radius 2 is 2.22 bits per heavy atom. The van der Waals surface area contributed by atoms with Crippen molar-refractivity contribution in [1.29, 1.82) is 0 Å². The summed E-state index contributed by atoms with van der Waals surface area (Å²) in [5.74, 6) is 1.75. The number of nitrogens with zero attached hydrogens (tertiary/aromatic N) is 5. The van der Waals surface area contributed by atoms with Gasteiger partial charge in [0.2, 0.25) is 11.7 Å². The van der Waals surface area contributed by atoms with Crippen LogP contribution >= 0.6 is 0 Å². The second-order valence-electron chi connectivity index (χ2n) is 7.76. The van der Waals surface area contributed by atoms with Crippen molar-refractivity contribution in [1.82, 2.24) is 29.3 Å². The van der Waals surface area contributed by atoms with E-state index < -0.39 is 0 Å². The van der Waals surface area contributed by atoms with E-state index in [-0.39, 0.29) is 5.60 Å². The summed E-state index contributed by atoms with van der Waals surface area (Å²) in [4.78, 5) is 21.0. The van der Waals surface area contributed by atoms with Gasteiger partial charge in [0, 0.05) is 59.7 Å². The summed E-state index contributed by atoms with van der Waals surface area (Å²) < 4.78 is 1.90. The molecule has 0 aliphatic heterocycles. The van der Waals surface area contributed by atoms with Gasteiger partial charge in [-0.15, -0.1) is 0 Å². The van der Waals surface area contributed by atoms with E-state index in [0.717, 1.165) is 47.8 Å². The van der Waals surface area contributed by atoms with Crippen LogP contribution in [-0.4, -0.2) is 46.1 Å². The van der Waals surface area contributed by atoms with Gasteiger partial charge in [0.1, 0.15) is 5.65 Å². The summed E-state index contributed by atoms with van der Waals surface area (Å²) in [5.41, 5.74) is 2.42. The van der Waals surface area contributed by atoms with Gasteiger partial charge in [0.15, 0.2) is 0 Å². The first-order chi connectivity index (χ1) is 13.2. The fourth-order valence-electron chi connectivity index (χ4n) is 4.35. The topological polar surface area (TPSA) is 104 Å². The first-order valence-electron chi connectivity index (χ1n) is 9.30. The van der Waals surface area contributed by atoms with Crippen LogP contribution in [0.3, 0.4) is 0 Å². The highest BCUT2D eigenvalue weighted by Crippen LogP contribution is 2.53. The first kappa shape index (κ1) is 15.1. The zero-order valence-corrected chi connectivity index (χ0v) is 14.6. The summed E-state index contributed by atoms with van der Waals surface area (Å²) in [5, 5.41) is 14.6. The smallest absolute Gasteiger partial charge is 0.233 e. The van der Waals surface area contributed by atoms with Crippen LogP contribution in [-0.2, 0) is 0 Å². The first-order valence-corrected chi connectivity index (χ1v) is 9.30. The zero-order chi connectivity index (χ0) is 18.0. The van der Waals surface area contributed by atoms with Gasteiger partial charge in [-0.2, -0.15) is 4.98 Å². The lowest BCUT2D eigenvalue weighted by atomic mass is 9.93. The highest BCUT2D eigenvalue weighted by Gasteiger charge is 2.55. The molecule has 8 nitrogen and oxygen atoms in total. The van der Waals surface area contributed by atoms with Gasteiger partial charge in [-0.05, 0) is 31.6 Å². The van der Waals surface area contributed by atoms with Crippen molar-refractivity contribution >= 4 is 22.8 Å². The highest BCUT2D eigenvalue weighted by atomic mass is 16.3. The molecule has 6 rings (SSSR count). The molecule has 0 bridgehead atoms. The predicted octanol–water partition coefficient (Wildman–Crippen LogP) is 2.38.